The molecule has 0 atom stereocenters. The van der Waals surface area contributed by atoms with Gasteiger partial charge in [0.05, 0.1) is 18.8 Å². The monoisotopic (exact) mass is 404 g/mol. The zero-order valence-electron chi connectivity index (χ0n) is 16.6. The third kappa shape index (κ3) is 5.68. The predicted octanol–water partition coefficient (Wildman–Crippen LogP) is 5.93. The molecular formula is C23H26F2O4. The largest absolute Gasteiger partial charge is 0.493 e. The quantitative estimate of drug-likeness (QED) is 0.404. The highest BCUT2D eigenvalue weighted by Gasteiger charge is 2.21. The summed E-state index contributed by atoms with van der Waals surface area (Å²) >= 11 is 0. The highest BCUT2D eigenvalue weighted by atomic mass is 19.2. The molecule has 0 amide bonds. The first-order valence-corrected chi connectivity index (χ1v) is 10.1. The summed E-state index contributed by atoms with van der Waals surface area (Å²) in [5.74, 6) is -2.17. The molecule has 0 aliphatic heterocycles. The molecule has 1 aliphatic carbocycles. The van der Waals surface area contributed by atoms with E-state index < -0.39 is 23.2 Å². The molecule has 0 heterocycles. The average Bonchev–Trinajstić information content (AvgIpc) is 2.75. The molecule has 0 radical (unpaired) electrons. The number of carbonyl (C=O) groups is 1. The summed E-state index contributed by atoms with van der Waals surface area (Å²) < 4.78 is 44.3. The van der Waals surface area contributed by atoms with E-state index in [2.05, 4.69) is 0 Å². The molecule has 6 heteroatoms. The van der Waals surface area contributed by atoms with Gasteiger partial charge in [-0.3, -0.25) is 0 Å². The molecule has 1 fully saturated rings. The van der Waals surface area contributed by atoms with Gasteiger partial charge in [-0.1, -0.05) is 26.2 Å². The Morgan fingerprint density at radius 3 is 2.31 bits per heavy atom. The Hall–Kier alpha value is -2.63. The van der Waals surface area contributed by atoms with Gasteiger partial charge in [0.15, 0.2) is 11.6 Å². The van der Waals surface area contributed by atoms with Crippen LogP contribution in [0.4, 0.5) is 8.78 Å². The Kier molecular flexibility index (Phi) is 7.44. The number of halogens is 2. The van der Waals surface area contributed by atoms with E-state index >= 15 is 0 Å². The Balaban J connectivity index is 1.58. The van der Waals surface area contributed by atoms with Crippen molar-refractivity contribution in [1.29, 1.82) is 0 Å². The molecule has 3 rings (SSSR count). The van der Waals surface area contributed by atoms with Crippen molar-refractivity contribution in [2.75, 3.05) is 13.2 Å². The Morgan fingerprint density at radius 1 is 0.931 bits per heavy atom. The van der Waals surface area contributed by atoms with Crippen LogP contribution in [0.1, 0.15) is 55.8 Å². The Morgan fingerprint density at radius 2 is 1.62 bits per heavy atom. The van der Waals surface area contributed by atoms with Gasteiger partial charge in [0.1, 0.15) is 11.5 Å². The van der Waals surface area contributed by atoms with Gasteiger partial charge in [-0.25, -0.2) is 9.18 Å². The van der Waals surface area contributed by atoms with Crippen molar-refractivity contribution >= 4 is 5.97 Å². The fraction of sp³-hybridized carbons (Fsp3) is 0.435. The number of carbonyl (C=O) groups excluding carboxylic acids is 1. The molecule has 1 aliphatic rings. The maximum absolute atomic E-state index is 14.2. The topological polar surface area (TPSA) is 44.8 Å². The van der Waals surface area contributed by atoms with Crippen molar-refractivity contribution in [3.05, 3.63) is 53.6 Å². The van der Waals surface area contributed by atoms with Crippen LogP contribution in [-0.2, 0) is 0 Å². The second-order valence-corrected chi connectivity index (χ2v) is 7.26. The van der Waals surface area contributed by atoms with Gasteiger partial charge < -0.3 is 14.2 Å². The van der Waals surface area contributed by atoms with Crippen LogP contribution in [-0.4, -0.2) is 19.2 Å². The molecule has 0 saturated heterocycles. The van der Waals surface area contributed by atoms with Gasteiger partial charge in [0.25, 0.3) is 0 Å². The lowest BCUT2D eigenvalue weighted by molar-refractivity contribution is 0.0728. The fourth-order valence-electron chi connectivity index (χ4n) is 3.35. The first-order valence-electron chi connectivity index (χ1n) is 10.1. The summed E-state index contributed by atoms with van der Waals surface area (Å²) in [5.41, 5.74) is -0.482. The van der Waals surface area contributed by atoms with E-state index in [1.807, 2.05) is 6.92 Å². The third-order valence-electron chi connectivity index (χ3n) is 4.97. The van der Waals surface area contributed by atoms with Gasteiger partial charge in [-0.05, 0) is 61.6 Å². The van der Waals surface area contributed by atoms with Crippen molar-refractivity contribution in [3.63, 3.8) is 0 Å². The van der Waals surface area contributed by atoms with Gasteiger partial charge in [0, 0.05) is 0 Å². The lowest BCUT2D eigenvalue weighted by Gasteiger charge is -2.21. The molecule has 4 nitrogen and oxygen atoms in total. The smallest absolute Gasteiger partial charge is 0.346 e. The maximum atomic E-state index is 14.2. The lowest BCUT2D eigenvalue weighted by Crippen LogP contribution is -2.15. The number of ether oxygens (including phenoxy) is 3. The lowest BCUT2D eigenvalue weighted by atomic mass is 9.90. The fourth-order valence-corrected chi connectivity index (χ4v) is 3.35. The summed E-state index contributed by atoms with van der Waals surface area (Å²) in [5, 5.41) is 0. The molecule has 0 N–H and O–H groups in total. The minimum Gasteiger partial charge on any atom is -0.493 e. The third-order valence-corrected chi connectivity index (χ3v) is 4.97. The van der Waals surface area contributed by atoms with Crippen LogP contribution in [0.3, 0.4) is 0 Å². The first-order chi connectivity index (χ1) is 14.1. The molecule has 0 spiro atoms. The zero-order chi connectivity index (χ0) is 20.6. The standard InChI is InChI=1S/C23H26F2O4/c1-2-14-27-20-13-12-19(21(24)22(20)25)23(26)29-18-10-8-17(9-11-18)28-15-16-6-4-3-5-7-16/h8-13,16H,2-7,14-15H2,1H3. The summed E-state index contributed by atoms with van der Waals surface area (Å²) in [6.07, 6.45) is 6.86. The summed E-state index contributed by atoms with van der Waals surface area (Å²) in [6, 6.07) is 8.93. The minimum atomic E-state index is -1.28. The second-order valence-electron chi connectivity index (χ2n) is 7.26. The van der Waals surface area contributed by atoms with Crippen molar-refractivity contribution in [3.8, 4) is 17.2 Å². The number of hydrogen-bond acceptors (Lipinski definition) is 4. The molecule has 0 aromatic heterocycles. The van der Waals surface area contributed by atoms with Crippen LogP contribution in [0.2, 0.25) is 0 Å². The Labute approximate surface area is 169 Å². The molecule has 29 heavy (non-hydrogen) atoms. The SMILES string of the molecule is CCCOc1ccc(C(=O)Oc2ccc(OCC3CCCCC3)cc2)c(F)c1F. The van der Waals surface area contributed by atoms with Crippen LogP contribution < -0.4 is 14.2 Å². The molecule has 2 aromatic carbocycles. The van der Waals surface area contributed by atoms with Gasteiger partial charge in [0.2, 0.25) is 5.82 Å². The van der Waals surface area contributed by atoms with Crippen LogP contribution in [0, 0.1) is 17.6 Å². The minimum absolute atomic E-state index is 0.222. The van der Waals surface area contributed by atoms with Crippen LogP contribution in [0.5, 0.6) is 17.2 Å². The summed E-state index contributed by atoms with van der Waals surface area (Å²) in [4.78, 5) is 12.2. The number of hydrogen-bond donors (Lipinski definition) is 0. The van der Waals surface area contributed by atoms with Crippen molar-refractivity contribution in [2.24, 2.45) is 5.92 Å². The van der Waals surface area contributed by atoms with E-state index in [1.54, 1.807) is 24.3 Å². The molecule has 0 unspecified atom stereocenters. The highest BCUT2D eigenvalue weighted by molar-refractivity contribution is 5.91. The molecule has 2 aromatic rings. The van der Waals surface area contributed by atoms with Crippen LogP contribution >= 0.6 is 0 Å². The van der Waals surface area contributed by atoms with Crippen molar-refractivity contribution in [1.82, 2.24) is 0 Å². The molecule has 156 valence electrons. The zero-order valence-corrected chi connectivity index (χ0v) is 16.6. The first kappa shape index (κ1) is 21.1. The van der Waals surface area contributed by atoms with E-state index in [-0.39, 0.29) is 18.1 Å². The maximum Gasteiger partial charge on any atom is 0.346 e. The van der Waals surface area contributed by atoms with E-state index in [0.29, 0.717) is 24.7 Å². The van der Waals surface area contributed by atoms with E-state index in [1.165, 1.54) is 38.2 Å². The van der Waals surface area contributed by atoms with Crippen LogP contribution in [0.15, 0.2) is 36.4 Å². The average molecular weight is 404 g/mol. The number of rotatable bonds is 8. The van der Waals surface area contributed by atoms with Crippen molar-refractivity contribution < 1.29 is 27.8 Å². The van der Waals surface area contributed by atoms with Crippen molar-refractivity contribution in [2.45, 2.75) is 45.4 Å². The normalized spacial score (nSPS) is 14.4. The number of benzene rings is 2. The molecular weight excluding hydrogens is 378 g/mol. The summed E-state index contributed by atoms with van der Waals surface area (Å²) in [7, 11) is 0. The predicted molar refractivity (Wildman–Crippen MR) is 106 cm³/mol. The Bertz CT molecular complexity index is 814. The van der Waals surface area contributed by atoms with Crippen LogP contribution in [0.25, 0.3) is 0 Å². The second kappa shape index (κ2) is 10.2. The molecule has 1 saturated carbocycles. The highest BCUT2D eigenvalue weighted by Crippen LogP contribution is 2.27. The van der Waals surface area contributed by atoms with Gasteiger partial charge >= 0.3 is 5.97 Å². The van der Waals surface area contributed by atoms with E-state index in [0.717, 1.165) is 6.07 Å². The van der Waals surface area contributed by atoms with Gasteiger partial charge in [-0.15, -0.1) is 0 Å². The number of esters is 1. The summed E-state index contributed by atoms with van der Waals surface area (Å²) in [6.45, 7) is 2.79. The molecule has 0 bridgehead atoms. The van der Waals surface area contributed by atoms with Gasteiger partial charge in [-0.2, -0.15) is 4.39 Å². The van der Waals surface area contributed by atoms with E-state index in [9.17, 15) is 13.6 Å². The van der Waals surface area contributed by atoms with E-state index in [4.69, 9.17) is 14.2 Å².